The molecule has 28 heavy (non-hydrogen) atoms. The van der Waals surface area contributed by atoms with Crippen LogP contribution in [0.15, 0.2) is 51.0 Å². The molecule has 0 bridgehead atoms. The van der Waals surface area contributed by atoms with Gasteiger partial charge in [0.05, 0.1) is 11.3 Å². The van der Waals surface area contributed by atoms with E-state index < -0.39 is 17.4 Å². The lowest BCUT2D eigenvalue weighted by Crippen LogP contribution is -2.23. The van der Waals surface area contributed by atoms with Gasteiger partial charge in [0, 0.05) is 22.4 Å². The largest absolute Gasteiger partial charge is 0.488 e. The van der Waals surface area contributed by atoms with Crippen molar-refractivity contribution in [3.8, 4) is 11.4 Å². The summed E-state index contributed by atoms with van der Waals surface area (Å²) in [6, 6.07) is 8.70. The third-order valence-electron chi connectivity index (χ3n) is 3.92. The number of aromatic nitrogens is 4. The van der Waals surface area contributed by atoms with Crippen LogP contribution < -0.4 is 10.4 Å². The molecule has 0 spiro atoms. The van der Waals surface area contributed by atoms with E-state index in [0.717, 1.165) is 20.3 Å². The standard InChI is InChI=1S/C17H15F3N4O2S2/c1-23-16(25)24(22-21-23)13-4-3-5-15(28-2)11(13)9-26-14-7-6-10(27)8-12(14)17(18,19)20/h3-8,27H,9H2,1-2H3. The van der Waals surface area contributed by atoms with E-state index in [1.165, 1.54) is 30.9 Å². The molecule has 0 radical (unpaired) electrons. The highest BCUT2D eigenvalue weighted by Crippen LogP contribution is 2.38. The van der Waals surface area contributed by atoms with Gasteiger partial charge < -0.3 is 4.74 Å². The average Bonchev–Trinajstić information content (AvgIpc) is 2.98. The van der Waals surface area contributed by atoms with Crippen LogP contribution in [0.25, 0.3) is 5.69 Å². The Hall–Kier alpha value is -2.40. The Bertz CT molecular complexity index is 1060. The highest BCUT2D eigenvalue weighted by molar-refractivity contribution is 7.98. The van der Waals surface area contributed by atoms with Crippen molar-refractivity contribution >= 4 is 24.4 Å². The van der Waals surface area contributed by atoms with E-state index in [2.05, 4.69) is 23.1 Å². The van der Waals surface area contributed by atoms with Crippen molar-refractivity contribution in [2.45, 2.75) is 22.6 Å². The fraction of sp³-hybridized carbons (Fsp3) is 0.235. The van der Waals surface area contributed by atoms with Gasteiger partial charge in [0.2, 0.25) is 0 Å². The van der Waals surface area contributed by atoms with Crippen LogP contribution in [0.2, 0.25) is 0 Å². The van der Waals surface area contributed by atoms with Crippen LogP contribution >= 0.6 is 24.4 Å². The van der Waals surface area contributed by atoms with E-state index in [-0.39, 0.29) is 17.3 Å². The van der Waals surface area contributed by atoms with Crippen LogP contribution in [-0.2, 0) is 19.8 Å². The second-order valence-electron chi connectivity index (χ2n) is 5.72. The average molecular weight is 428 g/mol. The van der Waals surface area contributed by atoms with Crippen molar-refractivity contribution in [3.05, 3.63) is 58.0 Å². The third kappa shape index (κ3) is 4.04. The van der Waals surface area contributed by atoms with E-state index in [1.807, 2.05) is 6.26 Å². The monoisotopic (exact) mass is 428 g/mol. The molecule has 0 aliphatic rings. The minimum absolute atomic E-state index is 0.177. The zero-order valence-corrected chi connectivity index (χ0v) is 16.5. The summed E-state index contributed by atoms with van der Waals surface area (Å²) < 4.78 is 47.6. The molecular formula is C17H15F3N4O2S2. The Kier molecular flexibility index (Phi) is 5.75. The first-order valence-corrected chi connectivity index (χ1v) is 9.58. The summed E-state index contributed by atoms with van der Waals surface area (Å²) in [7, 11) is 1.45. The minimum Gasteiger partial charge on any atom is -0.488 e. The maximum Gasteiger partial charge on any atom is 0.420 e. The van der Waals surface area contributed by atoms with E-state index >= 15 is 0 Å². The normalized spacial score (nSPS) is 11.6. The van der Waals surface area contributed by atoms with Crippen molar-refractivity contribution in [2.24, 2.45) is 7.05 Å². The second kappa shape index (κ2) is 7.92. The van der Waals surface area contributed by atoms with Gasteiger partial charge in [-0.3, -0.25) is 0 Å². The fourth-order valence-electron chi connectivity index (χ4n) is 2.57. The lowest BCUT2D eigenvalue weighted by molar-refractivity contribution is -0.139. The number of tetrazole rings is 1. The highest BCUT2D eigenvalue weighted by Gasteiger charge is 2.34. The number of halogens is 3. The molecule has 11 heteroatoms. The number of benzene rings is 2. The minimum atomic E-state index is -4.59. The van der Waals surface area contributed by atoms with Crippen molar-refractivity contribution in [3.63, 3.8) is 0 Å². The number of rotatable bonds is 5. The maximum absolute atomic E-state index is 13.3. The smallest absolute Gasteiger partial charge is 0.420 e. The quantitative estimate of drug-likeness (QED) is 0.497. The Morgan fingerprint density at radius 2 is 1.96 bits per heavy atom. The second-order valence-corrected chi connectivity index (χ2v) is 7.09. The molecule has 6 nitrogen and oxygen atoms in total. The first kappa shape index (κ1) is 20.3. The molecule has 0 amide bonds. The molecular weight excluding hydrogens is 413 g/mol. The molecule has 0 saturated heterocycles. The summed E-state index contributed by atoms with van der Waals surface area (Å²) in [4.78, 5) is 13.1. The zero-order valence-electron chi connectivity index (χ0n) is 14.8. The molecule has 0 N–H and O–H groups in total. The Balaban J connectivity index is 2.02. The van der Waals surface area contributed by atoms with Gasteiger partial charge in [-0.05, 0) is 47.0 Å². The first-order chi connectivity index (χ1) is 13.2. The predicted octanol–water partition coefficient (Wildman–Crippen LogP) is 3.57. The lowest BCUT2D eigenvalue weighted by Gasteiger charge is -2.17. The topological polar surface area (TPSA) is 61.9 Å². The number of thioether (sulfide) groups is 1. The van der Waals surface area contributed by atoms with Crippen LogP contribution in [-0.4, -0.2) is 26.0 Å². The predicted molar refractivity (Wildman–Crippen MR) is 101 cm³/mol. The van der Waals surface area contributed by atoms with Crippen LogP contribution in [0.5, 0.6) is 5.75 Å². The van der Waals surface area contributed by atoms with Gasteiger partial charge in [0.1, 0.15) is 12.4 Å². The SMILES string of the molecule is CSc1cccc(-n2nnn(C)c2=O)c1COc1ccc(S)cc1C(F)(F)F. The molecule has 1 aromatic heterocycles. The number of alkyl halides is 3. The molecule has 3 rings (SSSR count). The van der Waals surface area contributed by atoms with E-state index in [4.69, 9.17) is 4.74 Å². The van der Waals surface area contributed by atoms with Gasteiger partial charge in [0.15, 0.2) is 0 Å². The molecule has 0 atom stereocenters. The van der Waals surface area contributed by atoms with Gasteiger partial charge in [-0.2, -0.15) is 22.5 Å². The van der Waals surface area contributed by atoms with Crippen LogP contribution in [0.4, 0.5) is 13.2 Å². The Morgan fingerprint density at radius 1 is 1.21 bits per heavy atom. The van der Waals surface area contributed by atoms with Gasteiger partial charge in [-0.15, -0.1) is 24.4 Å². The fourth-order valence-corrected chi connectivity index (χ4v) is 3.40. The number of ether oxygens (including phenoxy) is 1. The molecule has 1 heterocycles. The summed E-state index contributed by atoms with van der Waals surface area (Å²) in [5.41, 5.74) is -0.472. The van der Waals surface area contributed by atoms with Crippen molar-refractivity contribution in [2.75, 3.05) is 6.26 Å². The molecule has 0 aliphatic carbocycles. The Labute approximate surface area is 167 Å². The van der Waals surface area contributed by atoms with Crippen molar-refractivity contribution in [1.29, 1.82) is 0 Å². The molecule has 2 aromatic carbocycles. The van der Waals surface area contributed by atoms with Gasteiger partial charge >= 0.3 is 11.9 Å². The summed E-state index contributed by atoms with van der Waals surface area (Å²) in [5.74, 6) is -0.321. The zero-order chi connectivity index (χ0) is 20.5. The molecule has 3 aromatic rings. The van der Waals surface area contributed by atoms with Crippen molar-refractivity contribution in [1.82, 2.24) is 19.8 Å². The molecule has 0 aliphatic heterocycles. The number of hydrogen-bond acceptors (Lipinski definition) is 6. The number of aryl methyl sites for hydroxylation is 1. The third-order valence-corrected chi connectivity index (χ3v) is 5.02. The van der Waals surface area contributed by atoms with Gasteiger partial charge in [-0.1, -0.05) is 6.07 Å². The highest BCUT2D eigenvalue weighted by atomic mass is 32.2. The number of nitrogens with zero attached hydrogens (tertiary/aromatic N) is 4. The maximum atomic E-state index is 13.3. The Morgan fingerprint density at radius 3 is 2.57 bits per heavy atom. The summed E-state index contributed by atoms with van der Waals surface area (Å²) in [6.45, 7) is -0.190. The van der Waals surface area contributed by atoms with Crippen LogP contribution in [0.3, 0.4) is 0 Å². The van der Waals surface area contributed by atoms with E-state index in [9.17, 15) is 18.0 Å². The molecule has 0 fully saturated rings. The summed E-state index contributed by atoms with van der Waals surface area (Å²) in [6.07, 6.45) is -2.77. The van der Waals surface area contributed by atoms with Crippen molar-refractivity contribution < 1.29 is 17.9 Å². The molecule has 148 valence electrons. The molecule has 0 saturated carbocycles. The molecule has 0 unspecified atom stereocenters. The van der Waals surface area contributed by atoms with Crippen LogP contribution in [0, 0.1) is 0 Å². The lowest BCUT2D eigenvalue weighted by atomic mass is 10.1. The summed E-state index contributed by atoms with van der Waals surface area (Å²) in [5, 5.41) is 7.48. The van der Waals surface area contributed by atoms with Crippen LogP contribution in [0.1, 0.15) is 11.1 Å². The number of thiol groups is 1. The van der Waals surface area contributed by atoms with Gasteiger partial charge in [-0.25, -0.2) is 4.79 Å². The van der Waals surface area contributed by atoms with E-state index in [1.54, 1.807) is 18.2 Å². The number of hydrogen-bond donors (Lipinski definition) is 1. The van der Waals surface area contributed by atoms with Gasteiger partial charge in [0.25, 0.3) is 0 Å². The first-order valence-electron chi connectivity index (χ1n) is 7.90. The van der Waals surface area contributed by atoms with E-state index in [0.29, 0.717) is 11.3 Å². The summed E-state index contributed by atoms with van der Waals surface area (Å²) >= 11 is 5.35.